The van der Waals surface area contributed by atoms with Crippen LogP contribution in [0.5, 0.6) is 0 Å². The van der Waals surface area contributed by atoms with Crippen LogP contribution >= 0.6 is 0 Å². The van der Waals surface area contributed by atoms with Gasteiger partial charge in [0.05, 0.1) is 22.4 Å². The van der Waals surface area contributed by atoms with Gasteiger partial charge in [0.2, 0.25) is 0 Å². The third kappa shape index (κ3) is 5.65. The highest BCUT2D eigenvalue weighted by atomic mass is 16.1. The summed E-state index contributed by atoms with van der Waals surface area (Å²) in [5, 5.41) is 3.09. The molecule has 1 saturated heterocycles. The minimum absolute atomic E-state index is 0.0200. The first-order valence-electron chi connectivity index (χ1n) is 12.7. The van der Waals surface area contributed by atoms with E-state index in [9.17, 15) is 4.79 Å². The highest BCUT2D eigenvalue weighted by molar-refractivity contribution is 5.97. The number of hydrogen-bond donors (Lipinski definition) is 1. The molecule has 2 fully saturated rings. The SMILES string of the molecule is CCc1nc2ccc(C(=O)NCCCN3CCN(C4CCCCC4)CC3)cc2nc1CC. The Bertz CT molecular complexity index is 900. The average molecular weight is 438 g/mol. The quantitative estimate of drug-likeness (QED) is 0.636. The molecule has 1 N–H and O–H groups in total. The summed E-state index contributed by atoms with van der Waals surface area (Å²) < 4.78 is 0. The number of carbonyl (C=O) groups is 1. The molecule has 2 aromatic rings. The molecule has 2 heterocycles. The van der Waals surface area contributed by atoms with E-state index in [0.29, 0.717) is 12.1 Å². The lowest BCUT2D eigenvalue weighted by Gasteiger charge is -2.40. The zero-order valence-corrected chi connectivity index (χ0v) is 19.9. The van der Waals surface area contributed by atoms with Crippen LogP contribution in [0.1, 0.15) is 74.1 Å². The summed E-state index contributed by atoms with van der Waals surface area (Å²) in [4.78, 5) is 27.4. The Hall–Kier alpha value is -2.05. The maximum Gasteiger partial charge on any atom is 0.251 e. The summed E-state index contributed by atoms with van der Waals surface area (Å²) in [7, 11) is 0. The highest BCUT2D eigenvalue weighted by Gasteiger charge is 2.24. The summed E-state index contributed by atoms with van der Waals surface area (Å²) >= 11 is 0. The monoisotopic (exact) mass is 437 g/mol. The van der Waals surface area contributed by atoms with Crippen LogP contribution in [0.4, 0.5) is 0 Å². The molecule has 1 aromatic carbocycles. The first-order chi connectivity index (χ1) is 15.7. The number of hydrogen-bond acceptors (Lipinski definition) is 5. The van der Waals surface area contributed by atoms with Gasteiger partial charge in [-0.25, -0.2) is 9.97 Å². The van der Waals surface area contributed by atoms with Gasteiger partial charge in [-0.05, 0) is 56.8 Å². The van der Waals surface area contributed by atoms with E-state index in [1.165, 1.54) is 45.2 Å². The van der Waals surface area contributed by atoms with Crippen LogP contribution in [-0.2, 0) is 12.8 Å². The Morgan fingerprint density at radius 2 is 1.66 bits per heavy atom. The van der Waals surface area contributed by atoms with Crippen LogP contribution in [-0.4, -0.2) is 71.0 Å². The Balaban J connectivity index is 1.21. The van der Waals surface area contributed by atoms with Crippen molar-refractivity contribution in [3.63, 3.8) is 0 Å². The summed E-state index contributed by atoms with van der Waals surface area (Å²) in [6, 6.07) is 6.49. The number of aromatic nitrogens is 2. The molecule has 0 atom stereocenters. The number of carbonyl (C=O) groups excluding carboxylic acids is 1. The van der Waals surface area contributed by atoms with Crippen molar-refractivity contribution in [2.24, 2.45) is 0 Å². The zero-order valence-electron chi connectivity index (χ0n) is 19.9. The van der Waals surface area contributed by atoms with Crippen LogP contribution < -0.4 is 5.32 Å². The molecule has 2 aliphatic rings. The van der Waals surface area contributed by atoms with Crippen molar-refractivity contribution in [2.45, 2.75) is 71.3 Å². The largest absolute Gasteiger partial charge is 0.352 e. The summed E-state index contributed by atoms with van der Waals surface area (Å²) in [5.74, 6) is -0.0200. The molecule has 0 unspecified atom stereocenters. The Labute approximate surface area is 192 Å². The molecule has 4 rings (SSSR count). The van der Waals surface area contributed by atoms with E-state index in [-0.39, 0.29) is 5.91 Å². The normalized spacial score (nSPS) is 18.8. The predicted molar refractivity (Wildman–Crippen MR) is 130 cm³/mol. The van der Waals surface area contributed by atoms with Gasteiger partial charge in [0.25, 0.3) is 5.91 Å². The second-order valence-corrected chi connectivity index (χ2v) is 9.31. The van der Waals surface area contributed by atoms with E-state index in [0.717, 1.165) is 67.4 Å². The topological polar surface area (TPSA) is 61.4 Å². The van der Waals surface area contributed by atoms with Gasteiger partial charge in [-0.3, -0.25) is 9.69 Å². The standard InChI is InChI=1S/C26H39N5O/c1-3-22-23(4-2)29-25-19-20(11-12-24(25)28-22)26(32)27-13-8-14-30-15-17-31(18-16-30)21-9-6-5-7-10-21/h11-12,19,21H,3-10,13-18H2,1-2H3,(H,27,32). The number of benzene rings is 1. The van der Waals surface area contributed by atoms with Crippen molar-refractivity contribution in [1.82, 2.24) is 25.1 Å². The van der Waals surface area contributed by atoms with E-state index < -0.39 is 0 Å². The van der Waals surface area contributed by atoms with E-state index in [4.69, 9.17) is 9.97 Å². The maximum atomic E-state index is 12.7. The third-order valence-corrected chi connectivity index (χ3v) is 7.19. The number of piperazine rings is 1. The lowest BCUT2D eigenvalue weighted by Crippen LogP contribution is -2.51. The number of amides is 1. The van der Waals surface area contributed by atoms with Crippen LogP contribution in [0.15, 0.2) is 18.2 Å². The van der Waals surface area contributed by atoms with Gasteiger partial charge < -0.3 is 10.2 Å². The molecule has 1 aliphatic carbocycles. The first kappa shape index (κ1) is 23.1. The van der Waals surface area contributed by atoms with Crippen LogP contribution in [0, 0.1) is 0 Å². The molecular formula is C26H39N5O. The molecule has 6 nitrogen and oxygen atoms in total. The van der Waals surface area contributed by atoms with E-state index in [2.05, 4.69) is 29.0 Å². The molecule has 0 radical (unpaired) electrons. The molecule has 1 aromatic heterocycles. The fraction of sp³-hybridized carbons (Fsp3) is 0.654. The van der Waals surface area contributed by atoms with E-state index >= 15 is 0 Å². The summed E-state index contributed by atoms with van der Waals surface area (Å²) in [6.07, 6.45) is 9.76. The second kappa shape index (κ2) is 11.2. The Morgan fingerprint density at radius 1 is 0.969 bits per heavy atom. The van der Waals surface area contributed by atoms with Crippen molar-refractivity contribution >= 4 is 16.9 Å². The molecule has 0 spiro atoms. The Morgan fingerprint density at radius 3 is 2.34 bits per heavy atom. The molecule has 1 saturated carbocycles. The van der Waals surface area contributed by atoms with Gasteiger partial charge in [0, 0.05) is 44.3 Å². The molecule has 1 amide bonds. The molecule has 0 bridgehead atoms. The van der Waals surface area contributed by atoms with E-state index in [1.54, 1.807) is 0 Å². The average Bonchev–Trinajstić information content (AvgIpc) is 2.86. The highest BCUT2D eigenvalue weighted by Crippen LogP contribution is 2.23. The van der Waals surface area contributed by atoms with Gasteiger partial charge in [-0.15, -0.1) is 0 Å². The fourth-order valence-corrected chi connectivity index (χ4v) is 5.24. The van der Waals surface area contributed by atoms with Gasteiger partial charge in [-0.2, -0.15) is 0 Å². The van der Waals surface area contributed by atoms with Crippen molar-refractivity contribution < 1.29 is 4.79 Å². The summed E-state index contributed by atoms with van der Waals surface area (Å²) in [6.45, 7) is 10.7. The molecule has 174 valence electrons. The number of nitrogens with zero attached hydrogens (tertiary/aromatic N) is 4. The predicted octanol–water partition coefficient (Wildman–Crippen LogP) is 3.82. The van der Waals surface area contributed by atoms with Crippen molar-refractivity contribution in [1.29, 1.82) is 0 Å². The number of fused-ring (bicyclic) bond motifs is 1. The summed E-state index contributed by atoms with van der Waals surface area (Å²) in [5.41, 5.74) is 4.42. The third-order valence-electron chi connectivity index (χ3n) is 7.19. The number of aryl methyl sites for hydroxylation is 2. The molecule has 6 heteroatoms. The number of nitrogens with one attached hydrogen (secondary N) is 1. The van der Waals surface area contributed by atoms with Crippen LogP contribution in [0.3, 0.4) is 0 Å². The van der Waals surface area contributed by atoms with Crippen LogP contribution in [0.25, 0.3) is 11.0 Å². The smallest absolute Gasteiger partial charge is 0.251 e. The van der Waals surface area contributed by atoms with Crippen molar-refractivity contribution in [3.8, 4) is 0 Å². The Kier molecular flexibility index (Phi) is 8.09. The van der Waals surface area contributed by atoms with Crippen molar-refractivity contribution in [3.05, 3.63) is 35.2 Å². The second-order valence-electron chi connectivity index (χ2n) is 9.31. The number of rotatable bonds is 8. The van der Waals surface area contributed by atoms with Gasteiger partial charge in [0.15, 0.2) is 0 Å². The van der Waals surface area contributed by atoms with Crippen molar-refractivity contribution in [2.75, 3.05) is 39.3 Å². The van der Waals surface area contributed by atoms with Crippen LogP contribution in [0.2, 0.25) is 0 Å². The van der Waals surface area contributed by atoms with Gasteiger partial charge in [-0.1, -0.05) is 33.1 Å². The first-order valence-corrected chi connectivity index (χ1v) is 12.7. The molecular weight excluding hydrogens is 398 g/mol. The molecule has 32 heavy (non-hydrogen) atoms. The van der Waals surface area contributed by atoms with Gasteiger partial charge >= 0.3 is 0 Å². The zero-order chi connectivity index (χ0) is 22.3. The lowest BCUT2D eigenvalue weighted by molar-refractivity contribution is 0.0779. The fourth-order valence-electron chi connectivity index (χ4n) is 5.24. The van der Waals surface area contributed by atoms with Gasteiger partial charge in [0.1, 0.15) is 0 Å². The minimum atomic E-state index is -0.0200. The van der Waals surface area contributed by atoms with E-state index in [1.807, 2.05) is 18.2 Å². The minimum Gasteiger partial charge on any atom is -0.352 e. The maximum absolute atomic E-state index is 12.7. The lowest BCUT2D eigenvalue weighted by atomic mass is 9.94. The molecule has 1 aliphatic heterocycles.